The van der Waals surface area contributed by atoms with E-state index in [1.807, 2.05) is 42.2 Å². The van der Waals surface area contributed by atoms with Gasteiger partial charge in [0.15, 0.2) is 0 Å². The van der Waals surface area contributed by atoms with Crippen molar-refractivity contribution in [1.29, 1.82) is 0 Å². The Morgan fingerprint density at radius 1 is 1.14 bits per heavy atom. The molecule has 1 fully saturated rings. The van der Waals surface area contributed by atoms with Crippen LogP contribution in [0.4, 0.5) is 0 Å². The van der Waals surface area contributed by atoms with Crippen molar-refractivity contribution >= 4 is 16.9 Å². The Bertz CT molecular complexity index is 1010. The SMILES string of the molecule is Cc1ccc(C(N)C(=O)N2CCCC(c3nc4ccccc4n3C(C)C)C2)cc1. The zero-order valence-corrected chi connectivity index (χ0v) is 17.5. The van der Waals surface area contributed by atoms with Crippen molar-refractivity contribution in [2.24, 2.45) is 5.73 Å². The molecule has 2 atom stereocenters. The largest absolute Gasteiger partial charge is 0.340 e. The Hall–Kier alpha value is -2.66. The minimum Gasteiger partial charge on any atom is -0.340 e. The van der Waals surface area contributed by atoms with Crippen molar-refractivity contribution in [1.82, 2.24) is 14.5 Å². The van der Waals surface area contributed by atoms with Crippen molar-refractivity contribution in [2.45, 2.75) is 51.6 Å². The van der Waals surface area contributed by atoms with Gasteiger partial charge in [-0.2, -0.15) is 0 Å². The van der Waals surface area contributed by atoms with Gasteiger partial charge in [-0.25, -0.2) is 4.98 Å². The lowest BCUT2D eigenvalue weighted by Crippen LogP contribution is -2.44. The maximum atomic E-state index is 13.1. The smallest absolute Gasteiger partial charge is 0.244 e. The van der Waals surface area contributed by atoms with E-state index in [2.05, 4.69) is 36.6 Å². The summed E-state index contributed by atoms with van der Waals surface area (Å²) in [5, 5.41) is 0. The maximum Gasteiger partial charge on any atom is 0.244 e. The molecule has 1 saturated heterocycles. The molecule has 0 bridgehead atoms. The number of fused-ring (bicyclic) bond motifs is 1. The molecule has 2 unspecified atom stereocenters. The summed E-state index contributed by atoms with van der Waals surface area (Å²) in [5.41, 5.74) is 10.6. The average Bonchev–Trinajstić information content (AvgIpc) is 3.13. The molecule has 4 rings (SSSR count). The van der Waals surface area contributed by atoms with E-state index >= 15 is 0 Å². The van der Waals surface area contributed by atoms with E-state index in [1.165, 1.54) is 5.56 Å². The molecule has 1 amide bonds. The lowest BCUT2D eigenvalue weighted by atomic mass is 9.95. The minimum absolute atomic E-state index is 0.00533. The standard InChI is InChI=1S/C24H30N4O/c1-16(2)28-21-9-5-4-8-20(21)26-23(28)19-7-6-14-27(15-19)24(29)22(25)18-12-10-17(3)11-13-18/h4-5,8-13,16,19,22H,6-7,14-15,25H2,1-3H3. The fourth-order valence-electron chi connectivity index (χ4n) is 4.39. The highest BCUT2D eigenvalue weighted by atomic mass is 16.2. The first-order valence-corrected chi connectivity index (χ1v) is 10.5. The van der Waals surface area contributed by atoms with Gasteiger partial charge in [0.25, 0.3) is 0 Å². The van der Waals surface area contributed by atoms with E-state index in [0.29, 0.717) is 12.6 Å². The molecule has 29 heavy (non-hydrogen) atoms. The number of para-hydroxylation sites is 2. The van der Waals surface area contributed by atoms with Crippen molar-refractivity contribution < 1.29 is 4.79 Å². The summed E-state index contributed by atoms with van der Waals surface area (Å²) in [6.07, 6.45) is 2.01. The molecule has 0 aliphatic carbocycles. The second-order valence-electron chi connectivity index (χ2n) is 8.43. The van der Waals surface area contributed by atoms with E-state index < -0.39 is 6.04 Å². The van der Waals surface area contributed by atoms with Crippen molar-refractivity contribution in [2.75, 3.05) is 13.1 Å². The normalized spacial score (nSPS) is 18.4. The summed E-state index contributed by atoms with van der Waals surface area (Å²) < 4.78 is 2.33. The number of aromatic nitrogens is 2. The predicted octanol–water partition coefficient (Wildman–Crippen LogP) is 4.33. The molecule has 3 aromatic rings. The number of nitrogens with two attached hydrogens (primary N) is 1. The number of imidazole rings is 1. The van der Waals surface area contributed by atoms with Crippen LogP contribution in [0.25, 0.3) is 11.0 Å². The molecule has 1 aliphatic heterocycles. The van der Waals surface area contributed by atoms with Crippen LogP contribution < -0.4 is 5.73 Å². The van der Waals surface area contributed by atoms with Crippen molar-refractivity contribution in [3.8, 4) is 0 Å². The van der Waals surface area contributed by atoms with Crippen LogP contribution in [0.1, 0.15) is 61.6 Å². The number of benzene rings is 2. The van der Waals surface area contributed by atoms with Crippen LogP contribution in [0.3, 0.4) is 0 Å². The zero-order valence-electron chi connectivity index (χ0n) is 17.5. The predicted molar refractivity (Wildman–Crippen MR) is 117 cm³/mol. The maximum absolute atomic E-state index is 13.1. The second-order valence-corrected chi connectivity index (χ2v) is 8.43. The fraction of sp³-hybridized carbons (Fsp3) is 0.417. The third kappa shape index (κ3) is 3.79. The molecule has 1 aromatic heterocycles. The number of likely N-dealkylation sites (tertiary alicyclic amines) is 1. The van der Waals surface area contributed by atoms with Crippen LogP contribution in [0.15, 0.2) is 48.5 Å². The topological polar surface area (TPSA) is 64.2 Å². The Morgan fingerprint density at radius 2 is 1.86 bits per heavy atom. The highest BCUT2D eigenvalue weighted by molar-refractivity contribution is 5.83. The molecule has 0 spiro atoms. The number of rotatable bonds is 4. The van der Waals surface area contributed by atoms with E-state index in [4.69, 9.17) is 10.7 Å². The lowest BCUT2D eigenvalue weighted by Gasteiger charge is -2.34. The third-order valence-corrected chi connectivity index (χ3v) is 5.94. The van der Waals surface area contributed by atoms with Gasteiger partial charge in [0.2, 0.25) is 5.91 Å². The van der Waals surface area contributed by atoms with Gasteiger partial charge in [0, 0.05) is 25.0 Å². The van der Waals surface area contributed by atoms with Crippen molar-refractivity contribution in [3.63, 3.8) is 0 Å². The van der Waals surface area contributed by atoms with Crippen molar-refractivity contribution in [3.05, 3.63) is 65.5 Å². The average molecular weight is 391 g/mol. The monoisotopic (exact) mass is 390 g/mol. The van der Waals surface area contributed by atoms with E-state index in [-0.39, 0.29) is 11.8 Å². The van der Waals surface area contributed by atoms with Gasteiger partial charge in [-0.3, -0.25) is 4.79 Å². The number of nitrogens with zero attached hydrogens (tertiary/aromatic N) is 3. The Labute approximate surface area is 172 Å². The van der Waals surface area contributed by atoms with Crippen LogP contribution in [0.2, 0.25) is 0 Å². The highest BCUT2D eigenvalue weighted by Crippen LogP contribution is 2.32. The van der Waals surface area contributed by atoms with Gasteiger partial charge in [-0.05, 0) is 51.3 Å². The van der Waals surface area contributed by atoms with Gasteiger partial charge in [0.05, 0.1) is 11.0 Å². The first-order chi connectivity index (χ1) is 14.0. The molecule has 0 radical (unpaired) electrons. The quantitative estimate of drug-likeness (QED) is 0.721. The van der Waals surface area contributed by atoms with Crippen LogP contribution in [-0.4, -0.2) is 33.4 Å². The summed E-state index contributed by atoms with van der Waals surface area (Å²) in [6.45, 7) is 7.85. The lowest BCUT2D eigenvalue weighted by molar-refractivity contribution is -0.134. The van der Waals surface area contributed by atoms with Crippen LogP contribution >= 0.6 is 0 Å². The summed E-state index contributed by atoms with van der Waals surface area (Å²) in [7, 11) is 0. The van der Waals surface area contributed by atoms with Gasteiger partial charge >= 0.3 is 0 Å². The van der Waals surface area contributed by atoms with E-state index in [0.717, 1.165) is 41.8 Å². The minimum atomic E-state index is -0.613. The molecule has 2 aromatic carbocycles. The number of amides is 1. The molecule has 152 valence electrons. The van der Waals surface area contributed by atoms with Gasteiger partial charge in [0.1, 0.15) is 11.9 Å². The number of carbonyl (C=O) groups is 1. The molecule has 0 saturated carbocycles. The molecule has 2 heterocycles. The van der Waals surface area contributed by atoms with Gasteiger partial charge in [-0.1, -0.05) is 42.0 Å². The molecule has 5 heteroatoms. The summed E-state index contributed by atoms with van der Waals surface area (Å²) in [4.78, 5) is 20.0. The number of piperidine rings is 1. The number of hydrogen-bond acceptors (Lipinski definition) is 3. The summed E-state index contributed by atoms with van der Waals surface area (Å²) in [5.74, 6) is 1.32. The Kier molecular flexibility index (Phi) is 5.41. The third-order valence-electron chi connectivity index (χ3n) is 5.94. The first-order valence-electron chi connectivity index (χ1n) is 10.5. The number of aryl methyl sites for hydroxylation is 1. The Morgan fingerprint density at radius 3 is 2.59 bits per heavy atom. The number of carbonyl (C=O) groups excluding carboxylic acids is 1. The molecule has 2 N–H and O–H groups in total. The van der Waals surface area contributed by atoms with Gasteiger partial charge in [-0.15, -0.1) is 0 Å². The molecular formula is C24H30N4O. The summed E-state index contributed by atoms with van der Waals surface area (Å²) >= 11 is 0. The summed E-state index contributed by atoms with van der Waals surface area (Å²) in [6, 6.07) is 15.9. The van der Waals surface area contributed by atoms with Gasteiger partial charge < -0.3 is 15.2 Å². The highest BCUT2D eigenvalue weighted by Gasteiger charge is 2.31. The van der Waals surface area contributed by atoms with E-state index in [9.17, 15) is 4.79 Å². The van der Waals surface area contributed by atoms with Crippen LogP contribution in [-0.2, 0) is 4.79 Å². The zero-order chi connectivity index (χ0) is 20.5. The van der Waals surface area contributed by atoms with Crippen LogP contribution in [0.5, 0.6) is 0 Å². The van der Waals surface area contributed by atoms with Crippen LogP contribution in [0, 0.1) is 6.92 Å². The molecule has 5 nitrogen and oxygen atoms in total. The Balaban J connectivity index is 1.59. The number of hydrogen-bond donors (Lipinski definition) is 1. The fourth-order valence-corrected chi connectivity index (χ4v) is 4.39. The first kappa shape index (κ1) is 19.6. The second kappa shape index (κ2) is 7.99. The molecule has 1 aliphatic rings. The van der Waals surface area contributed by atoms with E-state index in [1.54, 1.807) is 0 Å². The molecular weight excluding hydrogens is 360 g/mol.